The van der Waals surface area contributed by atoms with E-state index >= 15 is 0 Å². The SMILES string of the molecule is c1ccc(-c2ccc(N(c3ccccc3-c3cccc(-c4ccccc4)c3)c3ccc(-c4ccccc4)c4oc5ccccc5c34)cc2)cc1. The number of hydrogen-bond acceptors (Lipinski definition) is 2. The van der Waals surface area contributed by atoms with Crippen LogP contribution in [0, 0.1) is 0 Å². The molecule has 0 radical (unpaired) electrons. The molecule has 0 aliphatic carbocycles. The summed E-state index contributed by atoms with van der Waals surface area (Å²) in [5.41, 5.74) is 14.2. The van der Waals surface area contributed by atoms with Crippen molar-refractivity contribution < 1.29 is 4.42 Å². The maximum atomic E-state index is 6.73. The molecule has 0 atom stereocenters. The minimum atomic E-state index is 0.871. The lowest BCUT2D eigenvalue weighted by Crippen LogP contribution is -2.11. The standard InChI is InChI=1S/C48H33NO/c1-4-15-34(16-5-1)36-27-29-40(30-28-36)49(44-25-12-10-23-41(44)39-22-14-21-38(33-39)35-17-6-2-7-18-35)45-32-31-42(37-19-8-3-9-20-37)48-47(45)43-24-11-13-26-46(43)50-48/h1-33H. The molecule has 9 rings (SSSR count). The van der Waals surface area contributed by atoms with Crippen molar-refractivity contribution in [3.05, 3.63) is 200 Å². The molecule has 0 aliphatic rings. The fraction of sp³-hybridized carbons (Fsp3) is 0. The minimum absolute atomic E-state index is 0.871. The van der Waals surface area contributed by atoms with E-state index in [4.69, 9.17) is 4.42 Å². The van der Waals surface area contributed by atoms with Crippen molar-refractivity contribution in [2.75, 3.05) is 4.90 Å². The van der Waals surface area contributed by atoms with Crippen LogP contribution in [0.1, 0.15) is 0 Å². The van der Waals surface area contributed by atoms with E-state index in [-0.39, 0.29) is 0 Å². The smallest absolute Gasteiger partial charge is 0.145 e. The molecular formula is C48H33NO. The molecule has 0 bridgehead atoms. The van der Waals surface area contributed by atoms with Crippen LogP contribution in [0.25, 0.3) is 66.4 Å². The molecule has 0 saturated carbocycles. The van der Waals surface area contributed by atoms with Gasteiger partial charge in [0, 0.05) is 22.2 Å². The number of hydrogen-bond donors (Lipinski definition) is 0. The molecule has 0 fully saturated rings. The molecule has 2 heteroatoms. The highest BCUT2D eigenvalue weighted by Gasteiger charge is 2.24. The number of furan rings is 1. The van der Waals surface area contributed by atoms with Crippen LogP contribution in [0.5, 0.6) is 0 Å². The summed E-state index contributed by atoms with van der Waals surface area (Å²) >= 11 is 0. The van der Waals surface area contributed by atoms with Crippen LogP contribution < -0.4 is 4.90 Å². The Balaban J connectivity index is 1.30. The maximum absolute atomic E-state index is 6.73. The van der Waals surface area contributed by atoms with Crippen molar-refractivity contribution in [2.45, 2.75) is 0 Å². The molecule has 8 aromatic carbocycles. The average molecular weight is 640 g/mol. The van der Waals surface area contributed by atoms with Crippen LogP contribution in [-0.4, -0.2) is 0 Å². The van der Waals surface area contributed by atoms with E-state index in [0.29, 0.717) is 0 Å². The van der Waals surface area contributed by atoms with Crippen LogP contribution >= 0.6 is 0 Å². The van der Waals surface area contributed by atoms with Gasteiger partial charge in [0.25, 0.3) is 0 Å². The fourth-order valence-corrected chi connectivity index (χ4v) is 7.09. The lowest BCUT2D eigenvalue weighted by atomic mass is 9.96. The Kier molecular flexibility index (Phi) is 7.53. The zero-order valence-corrected chi connectivity index (χ0v) is 27.4. The number of fused-ring (bicyclic) bond motifs is 3. The van der Waals surface area contributed by atoms with E-state index in [1.807, 2.05) is 6.07 Å². The third-order valence-corrected chi connectivity index (χ3v) is 9.49. The third kappa shape index (κ3) is 5.34. The Morgan fingerprint density at radius 3 is 1.64 bits per heavy atom. The fourth-order valence-electron chi connectivity index (χ4n) is 7.09. The summed E-state index contributed by atoms with van der Waals surface area (Å²) in [7, 11) is 0. The molecule has 0 aliphatic heterocycles. The molecule has 0 amide bonds. The first-order valence-corrected chi connectivity index (χ1v) is 17.0. The Hall–Kier alpha value is -6.64. The molecule has 9 aromatic rings. The van der Waals surface area contributed by atoms with E-state index in [0.717, 1.165) is 61.3 Å². The molecule has 0 saturated heterocycles. The van der Waals surface area contributed by atoms with Gasteiger partial charge < -0.3 is 9.32 Å². The van der Waals surface area contributed by atoms with Gasteiger partial charge in [-0.1, -0.05) is 158 Å². The van der Waals surface area contributed by atoms with Crippen molar-refractivity contribution in [3.8, 4) is 44.5 Å². The zero-order chi connectivity index (χ0) is 33.3. The van der Waals surface area contributed by atoms with E-state index in [9.17, 15) is 0 Å². The highest BCUT2D eigenvalue weighted by Crippen LogP contribution is 2.48. The number of benzene rings is 8. The van der Waals surface area contributed by atoms with Gasteiger partial charge in [-0.15, -0.1) is 0 Å². The lowest BCUT2D eigenvalue weighted by Gasteiger charge is -2.29. The first kappa shape index (κ1) is 29.5. The van der Waals surface area contributed by atoms with Gasteiger partial charge in [0.2, 0.25) is 0 Å². The molecule has 0 unspecified atom stereocenters. The van der Waals surface area contributed by atoms with Gasteiger partial charge >= 0.3 is 0 Å². The number of anilines is 3. The lowest BCUT2D eigenvalue weighted by molar-refractivity contribution is 0.670. The van der Waals surface area contributed by atoms with Crippen LogP contribution in [-0.2, 0) is 0 Å². The Labute approximate surface area is 292 Å². The summed E-state index contributed by atoms with van der Waals surface area (Å²) in [5, 5.41) is 2.17. The Morgan fingerprint density at radius 1 is 0.340 bits per heavy atom. The highest BCUT2D eigenvalue weighted by atomic mass is 16.3. The number of nitrogens with zero attached hydrogens (tertiary/aromatic N) is 1. The quantitative estimate of drug-likeness (QED) is 0.173. The van der Waals surface area contributed by atoms with Crippen molar-refractivity contribution in [2.24, 2.45) is 0 Å². The molecule has 1 heterocycles. The molecular weight excluding hydrogens is 607 g/mol. The third-order valence-electron chi connectivity index (χ3n) is 9.49. The van der Waals surface area contributed by atoms with E-state index in [1.54, 1.807) is 0 Å². The molecule has 0 spiro atoms. The average Bonchev–Trinajstić information content (AvgIpc) is 3.60. The largest absolute Gasteiger partial charge is 0.455 e. The normalized spacial score (nSPS) is 11.2. The van der Waals surface area contributed by atoms with Crippen LogP contribution in [0.2, 0.25) is 0 Å². The second-order valence-corrected chi connectivity index (χ2v) is 12.5. The number of para-hydroxylation sites is 2. The van der Waals surface area contributed by atoms with Gasteiger partial charge in [-0.2, -0.15) is 0 Å². The predicted molar refractivity (Wildman–Crippen MR) is 210 cm³/mol. The second kappa shape index (κ2) is 12.8. The van der Waals surface area contributed by atoms with E-state index in [2.05, 4.69) is 199 Å². The monoisotopic (exact) mass is 639 g/mol. The van der Waals surface area contributed by atoms with E-state index < -0.39 is 0 Å². The molecule has 0 N–H and O–H groups in total. The van der Waals surface area contributed by atoms with Crippen LogP contribution in [0.4, 0.5) is 17.1 Å². The molecule has 236 valence electrons. The van der Waals surface area contributed by atoms with Gasteiger partial charge in [0.15, 0.2) is 0 Å². The van der Waals surface area contributed by atoms with Crippen LogP contribution in [0.15, 0.2) is 205 Å². The van der Waals surface area contributed by atoms with Crippen molar-refractivity contribution >= 4 is 39.0 Å². The predicted octanol–water partition coefficient (Wildman–Crippen LogP) is 13.7. The van der Waals surface area contributed by atoms with Gasteiger partial charge in [-0.3, -0.25) is 0 Å². The maximum Gasteiger partial charge on any atom is 0.145 e. The van der Waals surface area contributed by atoms with Crippen molar-refractivity contribution in [3.63, 3.8) is 0 Å². The van der Waals surface area contributed by atoms with Crippen molar-refractivity contribution in [1.29, 1.82) is 0 Å². The van der Waals surface area contributed by atoms with Crippen LogP contribution in [0.3, 0.4) is 0 Å². The zero-order valence-electron chi connectivity index (χ0n) is 27.4. The highest BCUT2D eigenvalue weighted by molar-refractivity contribution is 6.17. The Bertz CT molecular complexity index is 2570. The first-order chi connectivity index (χ1) is 24.8. The topological polar surface area (TPSA) is 16.4 Å². The summed E-state index contributed by atoms with van der Waals surface area (Å²) in [6, 6.07) is 71.0. The minimum Gasteiger partial charge on any atom is -0.455 e. The summed E-state index contributed by atoms with van der Waals surface area (Å²) in [4.78, 5) is 2.40. The molecule has 1 aromatic heterocycles. The van der Waals surface area contributed by atoms with Crippen molar-refractivity contribution in [1.82, 2.24) is 0 Å². The van der Waals surface area contributed by atoms with Gasteiger partial charge in [0.05, 0.1) is 16.8 Å². The summed E-state index contributed by atoms with van der Waals surface area (Å²) in [5.74, 6) is 0. The summed E-state index contributed by atoms with van der Waals surface area (Å²) < 4.78 is 6.73. The second-order valence-electron chi connectivity index (χ2n) is 12.5. The van der Waals surface area contributed by atoms with Gasteiger partial charge in [-0.25, -0.2) is 0 Å². The molecule has 50 heavy (non-hydrogen) atoms. The first-order valence-electron chi connectivity index (χ1n) is 17.0. The van der Waals surface area contributed by atoms with Gasteiger partial charge in [-0.05, 0) is 75.8 Å². The summed E-state index contributed by atoms with van der Waals surface area (Å²) in [6.45, 7) is 0. The number of rotatable bonds is 7. The molecule has 2 nitrogen and oxygen atoms in total. The summed E-state index contributed by atoms with van der Waals surface area (Å²) in [6.07, 6.45) is 0. The van der Waals surface area contributed by atoms with Gasteiger partial charge in [0.1, 0.15) is 11.2 Å². The van der Waals surface area contributed by atoms with E-state index in [1.165, 1.54) is 22.3 Å². The Morgan fingerprint density at radius 2 is 0.900 bits per heavy atom.